The number of aromatic nitrogens is 3. The van der Waals surface area contributed by atoms with Gasteiger partial charge in [0.15, 0.2) is 18.1 Å². The number of fused-ring (bicyclic) bond motifs is 2. The van der Waals surface area contributed by atoms with Gasteiger partial charge in [-0.1, -0.05) is 17.0 Å². The molecule has 1 aliphatic rings. The topological polar surface area (TPSA) is 117 Å². The first-order chi connectivity index (χ1) is 13.2. The molecule has 4 rings (SSSR count). The number of hydrogen-bond acceptors (Lipinski definition) is 7. The normalized spacial score (nSPS) is 12.4. The molecule has 0 atom stereocenters. The Morgan fingerprint density at radius 2 is 1.93 bits per heavy atom. The highest BCUT2D eigenvalue weighted by molar-refractivity contribution is 6.01. The smallest absolute Gasteiger partial charge is 0.325 e. The average Bonchev–Trinajstić information content (AvgIpc) is 3.09. The molecule has 0 saturated carbocycles. The van der Waals surface area contributed by atoms with Crippen molar-refractivity contribution in [1.29, 1.82) is 0 Å². The Kier molecular flexibility index (Phi) is 4.44. The second-order valence-corrected chi connectivity index (χ2v) is 5.59. The zero-order chi connectivity index (χ0) is 18.6. The maximum absolute atomic E-state index is 12.0. The number of urea groups is 1. The van der Waals surface area contributed by atoms with E-state index in [2.05, 4.69) is 20.9 Å². The van der Waals surface area contributed by atoms with Crippen LogP contribution in [0, 0.1) is 0 Å². The van der Waals surface area contributed by atoms with Gasteiger partial charge in [-0.05, 0) is 29.5 Å². The van der Waals surface area contributed by atoms with Crippen LogP contribution in [-0.4, -0.2) is 46.9 Å². The summed E-state index contributed by atoms with van der Waals surface area (Å²) in [4.78, 5) is 30.3. The van der Waals surface area contributed by atoms with E-state index in [1.54, 1.807) is 36.4 Å². The van der Waals surface area contributed by atoms with Crippen LogP contribution in [0.2, 0.25) is 0 Å². The molecule has 1 aromatic heterocycles. The lowest BCUT2D eigenvalue weighted by Crippen LogP contribution is -2.39. The van der Waals surface area contributed by atoms with E-state index >= 15 is 0 Å². The Morgan fingerprint density at radius 3 is 2.81 bits per heavy atom. The van der Waals surface area contributed by atoms with Gasteiger partial charge in [0.25, 0.3) is 5.91 Å². The molecular formula is C17H15N5O5. The maximum Gasteiger partial charge on any atom is 0.325 e. The minimum Gasteiger partial charge on any atom is -0.486 e. The molecule has 2 aromatic carbocycles. The number of ether oxygens (including phenoxy) is 2. The van der Waals surface area contributed by atoms with Crippen LogP contribution in [-0.2, 0) is 4.79 Å². The van der Waals surface area contributed by atoms with Crippen LogP contribution in [0.4, 0.5) is 10.5 Å². The van der Waals surface area contributed by atoms with Gasteiger partial charge in [-0.2, -0.15) is 0 Å². The van der Waals surface area contributed by atoms with Gasteiger partial charge in [0.05, 0.1) is 0 Å². The Hall–Kier alpha value is -3.82. The van der Waals surface area contributed by atoms with E-state index in [1.807, 2.05) is 6.07 Å². The van der Waals surface area contributed by atoms with Crippen molar-refractivity contribution in [3.05, 3.63) is 42.5 Å². The fourth-order valence-electron chi connectivity index (χ4n) is 2.51. The Labute approximate surface area is 153 Å². The van der Waals surface area contributed by atoms with Crippen molar-refractivity contribution in [1.82, 2.24) is 20.5 Å². The Morgan fingerprint density at radius 1 is 1.11 bits per heavy atom. The van der Waals surface area contributed by atoms with E-state index in [0.29, 0.717) is 41.4 Å². The molecule has 1 aliphatic heterocycles. The fourth-order valence-corrected chi connectivity index (χ4v) is 2.51. The van der Waals surface area contributed by atoms with Gasteiger partial charge < -0.3 is 19.6 Å². The molecule has 0 saturated heterocycles. The number of carbonyl (C=O) groups excluding carboxylic acids is 2. The SMILES string of the molecule is O=C(COn1nnc2ccccc21)NC(=O)Nc1ccc2c(c1)OCCO2. The van der Waals surface area contributed by atoms with E-state index in [4.69, 9.17) is 14.3 Å². The number of nitrogens with zero attached hydrogens (tertiary/aromatic N) is 3. The van der Waals surface area contributed by atoms with Crippen LogP contribution in [0.1, 0.15) is 0 Å². The summed E-state index contributed by atoms with van der Waals surface area (Å²) >= 11 is 0. The fraction of sp³-hybridized carbons (Fsp3) is 0.176. The summed E-state index contributed by atoms with van der Waals surface area (Å²) in [6.07, 6.45) is 0. The molecule has 27 heavy (non-hydrogen) atoms. The van der Waals surface area contributed by atoms with Crippen LogP contribution in [0.25, 0.3) is 11.0 Å². The van der Waals surface area contributed by atoms with E-state index in [-0.39, 0.29) is 0 Å². The molecule has 138 valence electrons. The van der Waals surface area contributed by atoms with E-state index in [9.17, 15) is 9.59 Å². The summed E-state index contributed by atoms with van der Waals surface area (Å²) in [5.74, 6) is 0.508. The van der Waals surface area contributed by atoms with Crippen molar-refractivity contribution in [2.75, 3.05) is 25.1 Å². The molecule has 10 nitrogen and oxygen atoms in total. The summed E-state index contributed by atoms with van der Waals surface area (Å²) in [7, 11) is 0. The Bertz CT molecular complexity index is 1000. The lowest BCUT2D eigenvalue weighted by Gasteiger charge is -2.19. The number of hydrogen-bond donors (Lipinski definition) is 2. The second kappa shape index (κ2) is 7.20. The van der Waals surface area contributed by atoms with Crippen LogP contribution >= 0.6 is 0 Å². The number of carbonyl (C=O) groups is 2. The highest BCUT2D eigenvalue weighted by Gasteiger charge is 2.14. The van der Waals surface area contributed by atoms with Gasteiger partial charge in [-0.25, -0.2) is 4.79 Å². The first-order valence-corrected chi connectivity index (χ1v) is 8.13. The van der Waals surface area contributed by atoms with E-state index in [0.717, 1.165) is 4.85 Å². The third-order valence-corrected chi connectivity index (χ3v) is 3.69. The molecule has 3 aromatic rings. The molecule has 3 amide bonds. The maximum atomic E-state index is 12.0. The van der Waals surface area contributed by atoms with Gasteiger partial charge in [-0.3, -0.25) is 10.1 Å². The highest BCUT2D eigenvalue weighted by Crippen LogP contribution is 2.32. The standard InChI is InChI=1S/C17H15N5O5/c23-16(10-27-22-13-4-2-1-3-12(13)20-21-22)19-17(24)18-11-5-6-14-15(9-11)26-8-7-25-14/h1-6,9H,7-8,10H2,(H2,18,19,23,24). The number of amides is 3. The van der Waals surface area contributed by atoms with Crippen LogP contribution in [0.15, 0.2) is 42.5 Å². The number of benzene rings is 2. The summed E-state index contributed by atoms with van der Waals surface area (Å²) in [5.41, 5.74) is 1.72. The minimum absolute atomic E-state index is 0.401. The monoisotopic (exact) mass is 369 g/mol. The number of rotatable bonds is 4. The van der Waals surface area contributed by atoms with Gasteiger partial charge in [0.1, 0.15) is 24.2 Å². The summed E-state index contributed by atoms with van der Waals surface area (Å²) in [5, 5.41) is 12.4. The van der Waals surface area contributed by atoms with Crippen molar-refractivity contribution in [2.45, 2.75) is 0 Å². The highest BCUT2D eigenvalue weighted by atomic mass is 16.7. The van der Waals surface area contributed by atoms with Crippen LogP contribution in [0.5, 0.6) is 11.5 Å². The third kappa shape index (κ3) is 3.73. The first kappa shape index (κ1) is 16.6. The first-order valence-electron chi connectivity index (χ1n) is 8.13. The quantitative estimate of drug-likeness (QED) is 0.704. The number of nitrogens with one attached hydrogen (secondary N) is 2. The Balaban J connectivity index is 1.31. The molecule has 10 heteroatoms. The molecule has 0 bridgehead atoms. The number of para-hydroxylation sites is 1. The second-order valence-electron chi connectivity index (χ2n) is 5.59. The van der Waals surface area contributed by atoms with Crippen molar-refractivity contribution in [3.63, 3.8) is 0 Å². The van der Waals surface area contributed by atoms with Gasteiger partial charge >= 0.3 is 6.03 Å². The predicted molar refractivity (Wildman–Crippen MR) is 93.6 cm³/mol. The summed E-state index contributed by atoms with van der Waals surface area (Å²) in [6.45, 7) is 0.521. The third-order valence-electron chi connectivity index (χ3n) is 3.69. The summed E-state index contributed by atoms with van der Waals surface area (Å²) < 4.78 is 10.9. The largest absolute Gasteiger partial charge is 0.486 e. The number of anilines is 1. The zero-order valence-corrected chi connectivity index (χ0v) is 14.0. The van der Waals surface area contributed by atoms with E-state index in [1.165, 1.54) is 0 Å². The van der Waals surface area contributed by atoms with Crippen LogP contribution in [0.3, 0.4) is 0 Å². The average molecular weight is 369 g/mol. The van der Waals surface area contributed by atoms with Gasteiger partial charge in [-0.15, -0.1) is 5.10 Å². The van der Waals surface area contributed by atoms with Crippen LogP contribution < -0.4 is 24.9 Å². The predicted octanol–water partition coefficient (Wildman–Crippen LogP) is 0.979. The number of imide groups is 1. The van der Waals surface area contributed by atoms with Gasteiger partial charge in [0.2, 0.25) is 0 Å². The molecule has 0 fully saturated rings. The molecular weight excluding hydrogens is 354 g/mol. The van der Waals surface area contributed by atoms with E-state index < -0.39 is 18.5 Å². The minimum atomic E-state index is -0.691. The molecule has 0 unspecified atom stereocenters. The van der Waals surface area contributed by atoms with Crippen molar-refractivity contribution < 1.29 is 23.9 Å². The molecule has 0 aliphatic carbocycles. The molecule has 0 radical (unpaired) electrons. The van der Waals surface area contributed by atoms with Crippen molar-refractivity contribution in [3.8, 4) is 11.5 Å². The summed E-state index contributed by atoms with van der Waals surface area (Å²) in [6, 6.07) is 11.4. The lowest BCUT2D eigenvalue weighted by molar-refractivity contribution is -0.125. The zero-order valence-electron chi connectivity index (χ0n) is 14.0. The molecule has 2 N–H and O–H groups in total. The lowest BCUT2D eigenvalue weighted by atomic mass is 10.2. The molecule has 0 spiro atoms. The van der Waals surface area contributed by atoms with Crippen molar-refractivity contribution in [2.24, 2.45) is 0 Å². The molecule has 2 heterocycles. The van der Waals surface area contributed by atoms with Crippen molar-refractivity contribution >= 4 is 28.7 Å². The van der Waals surface area contributed by atoms with Gasteiger partial charge in [0, 0.05) is 11.8 Å².